The molecular formula is C16H14O4. The fourth-order valence-electron chi connectivity index (χ4n) is 2.62. The predicted octanol–water partition coefficient (Wildman–Crippen LogP) is 1.81. The highest BCUT2D eigenvalue weighted by Gasteiger charge is 2.31. The lowest BCUT2D eigenvalue weighted by Gasteiger charge is -2.21. The molecule has 3 aliphatic rings. The molecule has 1 unspecified atom stereocenters. The smallest absolute Gasteiger partial charge is 0.334 e. The Kier molecular flexibility index (Phi) is 3.24. The molecule has 0 radical (unpaired) electrons. The molecule has 0 bridgehead atoms. The Hall–Kier alpha value is -2.20. The van der Waals surface area contributed by atoms with Gasteiger partial charge in [-0.2, -0.15) is 0 Å². The third-order valence-electron chi connectivity index (χ3n) is 3.54. The Morgan fingerprint density at radius 1 is 1.40 bits per heavy atom. The topological polar surface area (TPSA) is 52.6 Å². The zero-order valence-corrected chi connectivity index (χ0v) is 11.1. The Morgan fingerprint density at radius 3 is 3.05 bits per heavy atom. The second-order valence-electron chi connectivity index (χ2n) is 4.75. The lowest BCUT2D eigenvalue weighted by Crippen LogP contribution is -2.21. The molecular weight excluding hydrogens is 256 g/mol. The highest BCUT2D eigenvalue weighted by atomic mass is 16.5. The molecule has 0 saturated heterocycles. The lowest BCUT2D eigenvalue weighted by atomic mass is 9.84. The van der Waals surface area contributed by atoms with Crippen molar-refractivity contribution < 1.29 is 19.1 Å². The summed E-state index contributed by atoms with van der Waals surface area (Å²) in [5.41, 5.74) is 2.66. The van der Waals surface area contributed by atoms with Crippen molar-refractivity contribution in [3.8, 4) is 0 Å². The predicted molar refractivity (Wildman–Crippen MR) is 72.9 cm³/mol. The van der Waals surface area contributed by atoms with Gasteiger partial charge in [-0.1, -0.05) is 30.4 Å². The second kappa shape index (κ2) is 5.06. The third kappa shape index (κ3) is 2.08. The van der Waals surface area contributed by atoms with Gasteiger partial charge in [0.2, 0.25) is 0 Å². The van der Waals surface area contributed by atoms with E-state index in [2.05, 4.69) is 0 Å². The van der Waals surface area contributed by atoms with Crippen molar-refractivity contribution in [2.75, 3.05) is 13.7 Å². The van der Waals surface area contributed by atoms with Crippen LogP contribution in [-0.2, 0) is 19.1 Å². The number of carbonyl (C=O) groups is 2. The van der Waals surface area contributed by atoms with Gasteiger partial charge in [0.1, 0.15) is 6.10 Å². The standard InChI is InChI=1S/C16H14O4/c1-19-16(18)11-8-10-6-7-20-14-5-3-2-4-12(14)15(10)13(17)9-11/h2-6,8,14H,7,9H2,1H3. The molecule has 102 valence electrons. The van der Waals surface area contributed by atoms with E-state index in [1.807, 2.05) is 30.4 Å². The molecule has 20 heavy (non-hydrogen) atoms. The van der Waals surface area contributed by atoms with Gasteiger partial charge in [-0.15, -0.1) is 0 Å². The van der Waals surface area contributed by atoms with E-state index < -0.39 is 5.97 Å². The molecule has 1 atom stereocenters. The molecule has 1 aliphatic heterocycles. The van der Waals surface area contributed by atoms with Crippen LogP contribution in [0.4, 0.5) is 0 Å². The molecule has 0 aromatic carbocycles. The number of hydrogen-bond donors (Lipinski definition) is 0. The van der Waals surface area contributed by atoms with Gasteiger partial charge in [0.05, 0.1) is 13.7 Å². The van der Waals surface area contributed by atoms with Crippen LogP contribution in [0.15, 0.2) is 58.7 Å². The molecule has 0 aromatic rings. The molecule has 0 N–H and O–H groups in total. The number of ether oxygens (including phenoxy) is 2. The Labute approximate surface area is 116 Å². The summed E-state index contributed by atoms with van der Waals surface area (Å²) < 4.78 is 10.4. The molecule has 0 spiro atoms. The van der Waals surface area contributed by atoms with E-state index in [-0.39, 0.29) is 18.3 Å². The van der Waals surface area contributed by atoms with Crippen molar-refractivity contribution in [2.24, 2.45) is 0 Å². The monoisotopic (exact) mass is 270 g/mol. The summed E-state index contributed by atoms with van der Waals surface area (Å²) in [6.45, 7) is 0.406. The summed E-state index contributed by atoms with van der Waals surface area (Å²) in [6.07, 6.45) is 11.1. The van der Waals surface area contributed by atoms with Gasteiger partial charge >= 0.3 is 5.97 Å². The number of Topliss-reactive ketones (excluding diaryl/α,β-unsaturated/α-hetero) is 1. The molecule has 0 amide bonds. The fourth-order valence-corrected chi connectivity index (χ4v) is 2.62. The van der Waals surface area contributed by atoms with Crippen molar-refractivity contribution in [1.29, 1.82) is 0 Å². The minimum atomic E-state index is -0.455. The van der Waals surface area contributed by atoms with Crippen LogP contribution in [-0.4, -0.2) is 31.6 Å². The number of carbonyl (C=O) groups excluding carboxylic acids is 2. The summed E-state index contributed by atoms with van der Waals surface area (Å²) in [7, 11) is 1.32. The fraction of sp³-hybridized carbons (Fsp3) is 0.250. The van der Waals surface area contributed by atoms with Crippen molar-refractivity contribution in [3.05, 3.63) is 58.7 Å². The molecule has 0 aromatic heterocycles. The number of ketones is 1. The van der Waals surface area contributed by atoms with Gasteiger partial charge in [0.25, 0.3) is 0 Å². The summed E-state index contributed by atoms with van der Waals surface area (Å²) in [4.78, 5) is 24.0. The first-order valence-electron chi connectivity index (χ1n) is 6.44. The third-order valence-corrected chi connectivity index (χ3v) is 3.54. The van der Waals surface area contributed by atoms with E-state index in [1.54, 1.807) is 6.08 Å². The number of methoxy groups -OCH3 is 1. The largest absolute Gasteiger partial charge is 0.466 e. The maximum absolute atomic E-state index is 12.4. The van der Waals surface area contributed by atoms with Crippen molar-refractivity contribution in [3.63, 3.8) is 0 Å². The normalized spacial score (nSPS) is 24.4. The van der Waals surface area contributed by atoms with E-state index in [9.17, 15) is 9.59 Å². The van der Waals surface area contributed by atoms with Crippen LogP contribution >= 0.6 is 0 Å². The second-order valence-corrected chi connectivity index (χ2v) is 4.75. The zero-order chi connectivity index (χ0) is 14.1. The van der Waals surface area contributed by atoms with Gasteiger partial charge < -0.3 is 9.47 Å². The van der Waals surface area contributed by atoms with Crippen LogP contribution in [0.25, 0.3) is 0 Å². The molecule has 1 heterocycles. The highest BCUT2D eigenvalue weighted by Crippen LogP contribution is 2.33. The number of allylic oxidation sites excluding steroid dienone is 5. The lowest BCUT2D eigenvalue weighted by molar-refractivity contribution is -0.137. The van der Waals surface area contributed by atoms with Crippen LogP contribution in [0.3, 0.4) is 0 Å². The average molecular weight is 270 g/mol. The molecule has 4 nitrogen and oxygen atoms in total. The van der Waals surface area contributed by atoms with Gasteiger partial charge in [-0.05, 0) is 17.2 Å². The van der Waals surface area contributed by atoms with Crippen molar-refractivity contribution in [1.82, 2.24) is 0 Å². The summed E-state index contributed by atoms with van der Waals surface area (Å²) in [6, 6.07) is 0. The SMILES string of the molecule is COC(=O)C1=CC2=CCOC3C=CC=CC3=C2C(=O)C1. The van der Waals surface area contributed by atoms with Crippen molar-refractivity contribution in [2.45, 2.75) is 12.5 Å². The molecule has 0 fully saturated rings. The molecule has 4 heteroatoms. The van der Waals surface area contributed by atoms with E-state index in [4.69, 9.17) is 9.47 Å². The first-order chi connectivity index (χ1) is 9.70. The van der Waals surface area contributed by atoms with Crippen LogP contribution in [0.2, 0.25) is 0 Å². The molecule has 2 aliphatic carbocycles. The first-order valence-corrected chi connectivity index (χ1v) is 6.44. The summed E-state index contributed by atoms with van der Waals surface area (Å²) >= 11 is 0. The van der Waals surface area contributed by atoms with E-state index in [0.29, 0.717) is 17.8 Å². The number of fused-ring (bicyclic) bond motifs is 2. The average Bonchev–Trinajstić information content (AvgIpc) is 2.65. The van der Waals surface area contributed by atoms with Crippen LogP contribution in [0.1, 0.15) is 6.42 Å². The number of rotatable bonds is 1. The molecule has 0 saturated carbocycles. The maximum Gasteiger partial charge on any atom is 0.334 e. The summed E-state index contributed by atoms with van der Waals surface area (Å²) in [5, 5.41) is 0. The zero-order valence-electron chi connectivity index (χ0n) is 11.1. The minimum Gasteiger partial charge on any atom is -0.466 e. The maximum atomic E-state index is 12.4. The number of esters is 1. The first kappa shape index (κ1) is 12.8. The van der Waals surface area contributed by atoms with E-state index in [0.717, 1.165) is 11.1 Å². The van der Waals surface area contributed by atoms with Crippen molar-refractivity contribution >= 4 is 11.8 Å². The van der Waals surface area contributed by atoms with Crippen LogP contribution < -0.4 is 0 Å². The Bertz CT molecular complexity index is 629. The highest BCUT2D eigenvalue weighted by molar-refractivity contribution is 6.10. The Morgan fingerprint density at radius 2 is 2.25 bits per heavy atom. The van der Waals surface area contributed by atoms with Gasteiger partial charge in [-0.3, -0.25) is 4.79 Å². The van der Waals surface area contributed by atoms with E-state index >= 15 is 0 Å². The summed E-state index contributed by atoms with van der Waals surface area (Å²) in [5.74, 6) is -0.520. The Balaban J connectivity index is 2.10. The molecule has 3 rings (SSSR count). The quantitative estimate of drug-likeness (QED) is 0.682. The van der Waals surface area contributed by atoms with Gasteiger partial charge in [0, 0.05) is 17.6 Å². The minimum absolute atomic E-state index is 0.0652. The van der Waals surface area contributed by atoms with E-state index in [1.165, 1.54) is 7.11 Å². The van der Waals surface area contributed by atoms with Crippen LogP contribution in [0.5, 0.6) is 0 Å². The van der Waals surface area contributed by atoms with Gasteiger partial charge in [-0.25, -0.2) is 4.79 Å². The van der Waals surface area contributed by atoms with Gasteiger partial charge in [0.15, 0.2) is 5.78 Å². The van der Waals surface area contributed by atoms with Crippen LogP contribution in [0, 0.1) is 0 Å². The number of hydrogen-bond acceptors (Lipinski definition) is 4.